The van der Waals surface area contributed by atoms with Crippen molar-refractivity contribution in [2.24, 2.45) is 0 Å². The molecule has 13 heteroatoms. The first-order valence-electron chi connectivity index (χ1n) is 1.70. The zero-order valence-corrected chi connectivity index (χ0v) is 7.25. The van der Waals surface area contributed by atoms with Crippen LogP contribution in [0.15, 0.2) is 0 Å². The second-order valence-corrected chi connectivity index (χ2v) is 0.714. The Morgan fingerprint density at radius 2 is 0.692 bits per heavy atom. The van der Waals surface area contributed by atoms with Gasteiger partial charge in [0.1, 0.15) is 0 Å². The van der Waals surface area contributed by atoms with E-state index in [1.54, 1.807) is 0 Å². The van der Waals surface area contributed by atoms with Crippen LogP contribution in [0.2, 0.25) is 0 Å². The third-order valence-corrected chi connectivity index (χ3v) is 0. The number of rotatable bonds is 0. The van der Waals surface area contributed by atoms with Crippen LogP contribution in [0.1, 0.15) is 0 Å². The normalized spacial score (nSPS) is 5.54. The lowest BCUT2D eigenvalue weighted by molar-refractivity contribution is -0.742. The Bertz CT molecular complexity index is 112. The van der Waals surface area contributed by atoms with E-state index in [1.807, 2.05) is 0 Å². The quantitative estimate of drug-likeness (QED) is 0.262. The molecule has 0 bridgehead atoms. The summed E-state index contributed by atoms with van der Waals surface area (Å²) in [5.74, 6) is 0. The summed E-state index contributed by atoms with van der Waals surface area (Å²) in [6.07, 6.45) is 0. The minimum Gasteiger partial charge on any atom is -0.328 e. The summed E-state index contributed by atoms with van der Waals surface area (Å²) in [6.45, 7) is 0. The van der Waals surface area contributed by atoms with Gasteiger partial charge >= 0.3 is 0 Å². The zero-order valence-electron chi connectivity index (χ0n) is 5.84. The summed E-state index contributed by atoms with van der Waals surface area (Å²) in [5, 5.41) is 40.9. The van der Waals surface area contributed by atoms with Crippen LogP contribution in [-0.2, 0) is 0 Å². The minimum atomic E-state index is -1.50. The van der Waals surface area contributed by atoms with Crippen molar-refractivity contribution in [2.45, 2.75) is 0 Å². The molecule has 3 N–H and O–H groups in total. The van der Waals surface area contributed by atoms with E-state index in [9.17, 15) is 0 Å². The third-order valence-electron chi connectivity index (χ3n) is 0. The molecule has 1 unspecified atom stereocenters. The lowest BCUT2D eigenvalue weighted by Gasteiger charge is -1.56. The molecule has 0 rings (SSSR count). The van der Waals surface area contributed by atoms with E-state index in [-0.39, 0.29) is 9.90 Å². The van der Waals surface area contributed by atoms with Gasteiger partial charge in [-0.1, -0.05) is 0 Å². The maximum Gasteiger partial charge on any atom is 0.291 e. The number of hydrogen-bond donors (Lipinski definition) is 3. The molecule has 0 aromatic heterocycles. The highest BCUT2D eigenvalue weighted by Gasteiger charge is 1.66. The van der Waals surface area contributed by atoms with Gasteiger partial charge in [0.15, 0.2) is 0 Å². The molecule has 0 aliphatic heterocycles. The van der Waals surface area contributed by atoms with Gasteiger partial charge < -0.3 is 15.6 Å². The van der Waals surface area contributed by atoms with Crippen LogP contribution in [-0.4, -0.2) is 30.9 Å². The van der Waals surface area contributed by atoms with Crippen molar-refractivity contribution in [1.82, 2.24) is 0 Å². The van der Waals surface area contributed by atoms with Gasteiger partial charge in [-0.05, 0) is 0 Å². The van der Waals surface area contributed by atoms with Crippen molar-refractivity contribution in [3.63, 3.8) is 0 Å². The van der Waals surface area contributed by atoms with Gasteiger partial charge in [0.2, 0.25) is 0 Å². The van der Waals surface area contributed by atoms with Crippen molar-refractivity contribution in [1.29, 1.82) is 0 Å². The Morgan fingerprint density at radius 1 is 0.692 bits per heavy atom. The fourth-order valence-electron chi connectivity index (χ4n) is 0. The van der Waals surface area contributed by atoms with Crippen molar-refractivity contribution < 1.29 is 30.9 Å². The third kappa shape index (κ3) is 167. The van der Waals surface area contributed by atoms with Crippen molar-refractivity contribution in [3.05, 3.63) is 30.3 Å². The fraction of sp³-hybridized carbons (Fsp3) is 0. The van der Waals surface area contributed by atoms with Gasteiger partial charge in [-0.15, -0.1) is 30.3 Å². The molecule has 0 heterocycles. The predicted molar refractivity (Wildman–Crippen MR) is 37.4 cm³/mol. The van der Waals surface area contributed by atoms with Gasteiger partial charge in [-0.25, -0.2) is 0 Å². The highest BCUT2D eigenvalue weighted by molar-refractivity contribution is 6.92. The second-order valence-electron chi connectivity index (χ2n) is 0.714. The smallest absolute Gasteiger partial charge is 0.291 e. The topological polar surface area (TPSA) is 190 Å². The molecule has 80 valence electrons. The van der Waals surface area contributed by atoms with Crippen molar-refractivity contribution >= 4 is 9.90 Å². The Morgan fingerprint density at radius 3 is 0.692 bits per heavy atom. The van der Waals surface area contributed by atoms with Gasteiger partial charge in [-0.3, -0.25) is 0 Å². The molecule has 0 aliphatic carbocycles. The first-order valence-corrected chi connectivity index (χ1v) is 1.70. The summed E-state index contributed by atoms with van der Waals surface area (Å²) >= 11 is 0. The van der Waals surface area contributed by atoms with Gasteiger partial charge in [0, 0.05) is 0 Å². The minimum absolute atomic E-state index is 0. The molecule has 0 saturated carbocycles. The van der Waals surface area contributed by atoms with E-state index in [0.29, 0.717) is 0 Å². The van der Waals surface area contributed by atoms with Crippen LogP contribution >= 0.6 is 9.90 Å². The molecule has 0 amide bonds. The van der Waals surface area contributed by atoms with E-state index in [2.05, 4.69) is 0 Å². The van der Waals surface area contributed by atoms with E-state index in [0.717, 1.165) is 0 Å². The van der Waals surface area contributed by atoms with Crippen molar-refractivity contribution in [2.75, 3.05) is 0 Å². The summed E-state index contributed by atoms with van der Waals surface area (Å²) in [5.41, 5.74) is 0. The molecule has 0 aromatic rings. The lowest BCUT2D eigenvalue weighted by Crippen LogP contribution is -1.81. The zero-order chi connectivity index (χ0) is 10.7. The summed E-state index contributed by atoms with van der Waals surface area (Å²) < 4.78 is 0. The highest BCUT2D eigenvalue weighted by atomic mass is 31.0. The van der Waals surface area contributed by atoms with E-state index < -0.39 is 15.3 Å². The molecule has 0 aliphatic rings. The molecule has 12 nitrogen and oxygen atoms in total. The monoisotopic (exact) mass is 223 g/mol. The summed E-state index contributed by atoms with van der Waals surface area (Å²) in [7, 11) is 0. The average Bonchev–Trinajstić information content (AvgIpc) is 1.54. The maximum absolute atomic E-state index is 8.36. The standard InChI is InChI=1S/3HNO3.H3P/c3*2-1(3)4;/h3*(H,2,3,4);1H3. The van der Waals surface area contributed by atoms with E-state index in [4.69, 9.17) is 46.0 Å². The summed E-state index contributed by atoms with van der Waals surface area (Å²) in [6, 6.07) is 0. The molecular formula is H6N3O9P. The SMILES string of the molecule is O=[N+]([O-])O.O=[N+]([O-])O.O=[N+]([O-])O.P. The Labute approximate surface area is 72.3 Å². The van der Waals surface area contributed by atoms with Crippen LogP contribution in [0.5, 0.6) is 0 Å². The van der Waals surface area contributed by atoms with E-state index >= 15 is 0 Å². The van der Waals surface area contributed by atoms with Crippen LogP contribution in [0, 0.1) is 30.3 Å². The Hall–Kier alpha value is -1.97. The maximum atomic E-state index is 8.36. The fourth-order valence-corrected chi connectivity index (χ4v) is 0. The van der Waals surface area contributed by atoms with Crippen LogP contribution in [0.4, 0.5) is 0 Å². The molecule has 0 radical (unpaired) electrons. The van der Waals surface area contributed by atoms with Gasteiger partial charge in [-0.2, -0.15) is 9.90 Å². The average molecular weight is 223 g/mol. The van der Waals surface area contributed by atoms with Crippen molar-refractivity contribution in [3.8, 4) is 0 Å². The van der Waals surface area contributed by atoms with Crippen LogP contribution in [0.3, 0.4) is 0 Å². The number of nitrogens with zero attached hydrogens (tertiary/aromatic N) is 3. The first kappa shape index (κ1) is 22.5. The first-order chi connectivity index (χ1) is 5.20. The Balaban J connectivity index is -0.0000000450. The second kappa shape index (κ2) is 16.5. The molecule has 0 fully saturated rings. The largest absolute Gasteiger partial charge is 0.328 e. The highest BCUT2D eigenvalue weighted by Crippen LogP contribution is 1.39. The van der Waals surface area contributed by atoms with E-state index in [1.165, 1.54) is 0 Å². The van der Waals surface area contributed by atoms with Gasteiger partial charge in [0.05, 0.1) is 0 Å². The van der Waals surface area contributed by atoms with Gasteiger partial charge in [0.25, 0.3) is 15.3 Å². The van der Waals surface area contributed by atoms with Crippen LogP contribution < -0.4 is 0 Å². The number of hydrogen-bond acceptors (Lipinski definition) is 6. The molecule has 0 spiro atoms. The summed E-state index contributed by atoms with van der Waals surface area (Å²) in [4.78, 5) is 25.1. The molecule has 1 atom stereocenters. The molecule has 0 aromatic carbocycles. The molecule has 0 saturated heterocycles. The molecular weight excluding hydrogens is 217 g/mol. The predicted octanol–water partition coefficient (Wildman–Crippen LogP) is -0.985. The Kier molecular flexibility index (Phi) is 28.6. The lowest BCUT2D eigenvalue weighted by atomic mass is 13.1. The van der Waals surface area contributed by atoms with Crippen LogP contribution in [0.25, 0.3) is 0 Å². The molecule has 13 heavy (non-hydrogen) atoms.